The zero-order chi connectivity index (χ0) is 27.0. The molecule has 0 aliphatic carbocycles. The van der Waals surface area contributed by atoms with Crippen LogP contribution in [0.2, 0.25) is 5.02 Å². The molecule has 1 heterocycles. The van der Waals surface area contributed by atoms with Gasteiger partial charge in [0.15, 0.2) is 11.4 Å². The average Bonchev–Trinajstić information content (AvgIpc) is 2.80. The maximum Gasteiger partial charge on any atom is 0.329 e. The van der Waals surface area contributed by atoms with E-state index in [9.17, 15) is 14.4 Å². The second-order valence-corrected chi connectivity index (χ2v) is 9.34. The Bertz CT molecular complexity index is 1070. The lowest BCUT2D eigenvalue weighted by Gasteiger charge is -2.30. The quantitative estimate of drug-likeness (QED) is 0.432. The highest BCUT2D eigenvalue weighted by Gasteiger charge is 2.33. The fourth-order valence-electron chi connectivity index (χ4n) is 3.50. The zero-order valence-electron chi connectivity index (χ0n) is 21.5. The van der Waals surface area contributed by atoms with Crippen LogP contribution in [0.25, 0.3) is 0 Å². The highest BCUT2D eigenvalue weighted by Crippen LogP contribution is 2.30. The zero-order valence-corrected chi connectivity index (χ0v) is 22.3. The molecule has 9 nitrogen and oxygen atoms in total. The molecule has 0 unspecified atom stereocenters. The number of esters is 2. The third kappa shape index (κ3) is 7.84. The summed E-state index contributed by atoms with van der Waals surface area (Å²) >= 11 is 6.06. The molecule has 2 aromatic rings. The molecule has 1 aromatic carbocycles. The molecule has 36 heavy (non-hydrogen) atoms. The van der Waals surface area contributed by atoms with E-state index in [1.807, 2.05) is 13.8 Å². The Morgan fingerprint density at radius 3 is 2.28 bits per heavy atom. The van der Waals surface area contributed by atoms with Gasteiger partial charge >= 0.3 is 11.9 Å². The molecule has 0 saturated heterocycles. The van der Waals surface area contributed by atoms with E-state index in [1.165, 1.54) is 26.3 Å². The summed E-state index contributed by atoms with van der Waals surface area (Å²) in [6, 6.07) is 7.42. The van der Waals surface area contributed by atoms with E-state index >= 15 is 0 Å². The van der Waals surface area contributed by atoms with E-state index in [1.54, 1.807) is 45.0 Å². The molecule has 0 aliphatic heterocycles. The van der Waals surface area contributed by atoms with Gasteiger partial charge in [0.2, 0.25) is 5.75 Å². The van der Waals surface area contributed by atoms with E-state index in [0.717, 1.165) is 0 Å². The number of hydrogen-bond donors (Lipinski definition) is 1. The van der Waals surface area contributed by atoms with E-state index in [0.29, 0.717) is 10.8 Å². The molecule has 1 amide bonds. The number of pyridine rings is 1. The third-order valence-corrected chi connectivity index (χ3v) is 5.48. The van der Waals surface area contributed by atoms with Crippen molar-refractivity contribution in [3.05, 3.63) is 47.2 Å². The predicted molar refractivity (Wildman–Crippen MR) is 134 cm³/mol. The SMILES string of the molecule is COc1ccnc(C(=O)N[C@H](C(=O)O[C@@H](C)[C@H](Oc2cccc(Cl)c2)C(C)C)C(C)C)c1OC(C)=O. The van der Waals surface area contributed by atoms with E-state index in [2.05, 4.69) is 10.3 Å². The molecule has 3 atom stereocenters. The topological polar surface area (TPSA) is 113 Å². The maximum atomic E-state index is 13.1. The van der Waals surface area contributed by atoms with Gasteiger partial charge in [-0.2, -0.15) is 0 Å². The molecule has 2 rings (SSSR count). The van der Waals surface area contributed by atoms with Gasteiger partial charge in [0, 0.05) is 24.2 Å². The molecule has 10 heteroatoms. The van der Waals surface area contributed by atoms with Crippen molar-refractivity contribution in [2.24, 2.45) is 11.8 Å². The Kier molecular flexibility index (Phi) is 10.5. The maximum absolute atomic E-state index is 13.1. The van der Waals surface area contributed by atoms with Crippen molar-refractivity contribution in [3.8, 4) is 17.2 Å². The van der Waals surface area contributed by atoms with Crippen LogP contribution in [0.4, 0.5) is 0 Å². The van der Waals surface area contributed by atoms with Gasteiger partial charge in [-0.3, -0.25) is 9.59 Å². The van der Waals surface area contributed by atoms with Gasteiger partial charge in [-0.1, -0.05) is 45.4 Å². The Hall–Kier alpha value is -3.33. The fraction of sp³-hybridized carbons (Fsp3) is 0.462. The second kappa shape index (κ2) is 13.1. The van der Waals surface area contributed by atoms with E-state index in [-0.39, 0.29) is 29.0 Å². The summed E-state index contributed by atoms with van der Waals surface area (Å²) in [5, 5.41) is 3.18. The lowest BCUT2D eigenvalue weighted by Crippen LogP contribution is -2.48. The van der Waals surface area contributed by atoms with Crippen molar-refractivity contribution in [1.29, 1.82) is 0 Å². The fourth-order valence-corrected chi connectivity index (χ4v) is 3.68. The second-order valence-electron chi connectivity index (χ2n) is 8.91. The largest absolute Gasteiger partial charge is 0.493 e. The van der Waals surface area contributed by atoms with Crippen LogP contribution in [0.5, 0.6) is 17.2 Å². The number of hydrogen-bond acceptors (Lipinski definition) is 8. The number of methoxy groups -OCH3 is 1. The highest BCUT2D eigenvalue weighted by molar-refractivity contribution is 6.30. The van der Waals surface area contributed by atoms with Crippen LogP contribution in [-0.4, -0.2) is 48.2 Å². The summed E-state index contributed by atoms with van der Waals surface area (Å²) in [4.78, 5) is 41.8. The third-order valence-electron chi connectivity index (χ3n) is 5.25. The normalized spacial score (nSPS) is 13.5. The van der Waals surface area contributed by atoms with Crippen LogP contribution in [0, 0.1) is 11.8 Å². The van der Waals surface area contributed by atoms with Crippen LogP contribution >= 0.6 is 11.6 Å². The Balaban J connectivity index is 2.20. The molecule has 0 aliphatic rings. The van der Waals surface area contributed by atoms with Gasteiger partial charge in [-0.25, -0.2) is 9.78 Å². The summed E-state index contributed by atoms with van der Waals surface area (Å²) < 4.78 is 22.1. The number of ether oxygens (including phenoxy) is 4. The Morgan fingerprint density at radius 2 is 1.72 bits per heavy atom. The Labute approximate surface area is 216 Å². The smallest absolute Gasteiger partial charge is 0.329 e. The molecule has 196 valence electrons. The number of carbonyl (C=O) groups excluding carboxylic acids is 3. The average molecular weight is 521 g/mol. The molecule has 1 N–H and O–H groups in total. The minimum absolute atomic E-state index is 0.00569. The first-order valence-corrected chi connectivity index (χ1v) is 12.0. The summed E-state index contributed by atoms with van der Waals surface area (Å²) in [6.45, 7) is 10.4. The number of nitrogens with one attached hydrogen (secondary N) is 1. The van der Waals surface area contributed by atoms with Crippen LogP contribution < -0.4 is 19.5 Å². The van der Waals surface area contributed by atoms with Gasteiger partial charge in [0.1, 0.15) is 24.0 Å². The number of carbonyl (C=O) groups is 3. The Morgan fingerprint density at radius 1 is 1.03 bits per heavy atom. The molecule has 0 fully saturated rings. The molecular weight excluding hydrogens is 488 g/mol. The molecule has 0 radical (unpaired) electrons. The summed E-state index contributed by atoms with van der Waals surface area (Å²) in [5.74, 6) is -1.74. The molecule has 0 spiro atoms. The minimum Gasteiger partial charge on any atom is -0.493 e. The molecular formula is C26H33ClN2O7. The first-order chi connectivity index (χ1) is 16.9. The lowest BCUT2D eigenvalue weighted by molar-refractivity contribution is -0.157. The number of rotatable bonds is 11. The van der Waals surface area contributed by atoms with Crippen LogP contribution in [0.15, 0.2) is 36.5 Å². The highest BCUT2D eigenvalue weighted by atomic mass is 35.5. The van der Waals surface area contributed by atoms with Crippen molar-refractivity contribution in [3.63, 3.8) is 0 Å². The number of halogens is 1. The van der Waals surface area contributed by atoms with Crippen molar-refractivity contribution in [1.82, 2.24) is 10.3 Å². The van der Waals surface area contributed by atoms with Crippen molar-refractivity contribution in [2.75, 3.05) is 7.11 Å². The van der Waals surface area contributed by atoms with Crippen molar-refractivity contribution < 1.29 is 33.3 Å². The van der Waals surface area contributed by atoms with Gasteiger partial charge in [0.25, 0.3) is 5.91 Å². The van der Waals surface area contributed by atoms with Gasteiger partial charge in [-0.05, 0) is 37.0 Å². The number of benzene rings is 1. The standard InChI is InChI=1S/C26H33ClN2O7/c1-14(2)21(29-25(31)22-24(35-17(6)30)20(33-7)11-12-28-22)26(32)34-16(5)23(15(3)4)36-19-10-8-9-18(27)13-19/h8-16,21,23H,1-7H3,(H,29,31)/t16-,21-,23+/m0/s1. The van der Waals surface area contributed by atoms with E-state index < -0.39 is 36.1 Å². The van der Waals surface area contributed by atoms with Crippen LogP contribution in [0.3, 0.4) is 0 Å². The first-order valence-electron chi connectivity index (χ1n) is 11.6. The predicted octanol–water partition coefficient (Wildman–Crippen LogP) is 4.46. The summed E-state index contributed by atoms with van der Waals surface area (Å²) in [6.07, 6.45) is 0.235. The van der Waals surface area contributed by atoms with Gasteiger partial charge in [0.05, 0.1) is 7.11 Å². The van der Waals surface area contributed by atoms with Crippen molar-refractivity contribution in [2.45, 2.75) is 59.8 Å². The number of nitrogens with zero attached hydrogens (tertiary/aromatic N) is 1. The number of aromatic nitrogens is 1. The minimum atomic E-state index is -1.00. The first kappa shape index (κ1) is 28.9. The molecule has 0 saturated carbocycles. The lowest BCUT2D eigenvalue weighted by atomic mass is 10.0. The van der Waals surface area contributed by atoms with Crippen LogP contribution in [-0.2, 0) is 14.3 Å². The van der Waals surface area contributed by atoms with Gasteiger partial charge < -0.3 is 24.3 Å². The van der Waals surface area contributed by atoms with Gasteiger partial charge in [-0.15, -0.1) is 0 Å². The summed E-state index contributed by atoms with van der Waals surface area (Å²) in [5.41, 5.74) is -0.194. The summed E-state index contributed by atoms with van der Waals surface area (Å²) in [7, 11) is 1.37. The monoisotopic (exact) mass is 520 g/mol. The van der Waals surface area contributed by atoms with Crippen LogP contribution in [0.1, 0.15) is 52.0 Å². The molecule has 0 bridgehead atoms. The number of amides is 1. The van der Waals surface area contributed by atoms with Crippen molar-refractivity contribution >= 4 is 29.4 Å². The molecule has 1 aromatic heterocycles. The van der Waals surface area contributed by atoms with E-state index in [4.69, 9.17) is 30.5 Å².